The maximum Gasteiger partial charge on any atom is 0.300 e. The van der Waals surface area contributed by atoms with E-state index < -0.39 is 12.1 Å². The molecular weight excluding hydrogens is 216 g/mol. The van der Waals surface area contributed by atoms with Gasteiger partial charge < -0.3 is 10.2 Å². The van der Waals surface area contributed by atoms with Gasteiger partial charge in [-0.15, -0.1) is 5.92 Å². The summed E-state index contributed by atoms with van der Waals surface area (Å²) in [5.74, 6) is 4.45. The standard InChI is InChI=1S/C12H12O.C2H4O2/c1-2-6-12(13)10-9-11-7-4-3-5-8-11;1-2(3)4/h3-5,7-10,12-13H,1H3;1H3,(H,3,4). The molecular formula is C14H16O3. The van der Waals surface area contributed by atoms with Gasteiger partial charge in [-0.1, -0.05) is 42.3 Å². The van der Waals surface area contributed by atoms with Crippen LogP contribution in [-0.2, 0) is 4.79 Å². The van der Waals surface area contributed by atoms with Crippen LogP contribution in [0.25, 0.3) is 6.08 Å². The zero-order valence-corrected chi connectivity index (χ0v) is 9.92. The average molecular weight is 232 g/mol. The Hall–Kier alpha value is -2.05. The number of rotatable bonds is 2. The van der Waals surface area contributed by atoms with Gasteiger partial charge in [-0.25, -0.2) is 0 Å². The Morgan fingerprint density at radius 3 is 2.35 bits per heavy atom. The van der Waals surface area contributed by atoms with Gasteiger partial charge in [0, 0.05) is 6.92 Å². The van der Waals surface area contributed by atoms with Crippen molar-refractivity contribution in [1.82, 2.24) is 0 Å². The fourth-order valence-corrected chi connectivity index (χ4v) is 0.962. The molecule has 0 amide bonds. The van der Waals surface area contributed by atoms with Crippen molar-refractivity contribution in [3.8, 4) is 11.8 Å². The molecule has 0 radical (unpaired) electrons. The highest BCUT2D eigenvalue weighted by Gasteiger charge is 1.89. The molecule has 17 heavy (non-hydrogen) atoms. The van der Waals surface area contributed by atoms with Crippen LogP contribution in [0.3, 0.4) is 0 Å². The van der Waals surface area contributed by atoms with Gasteiger partial charge in [-0.3, -0.25) is 4.79 Å². The average Bonchev–Trinajstić information content (AvgIpc) is 2.27. The summed E-state index contributed by atoms with van der Waals surface area (Å²) < 4.78 is 0. The van der Waals surface area contributed by atoms with E-state index in [9.17, 15) is 5.11 Å². The van der Waals surface area contributed by atoms with Crippen LogP contribution in [0.2, 0.25) is 0 Å². The van der Waals surface area contributed by atoms with Gasteiger partial charge in [0.2, 0.25) is 0 Å². The topological polar surface area (TPSA) is 57.5 Å². The van der Waals surface area contributed by atoms with Crippen molar-refractivity contribution in [3.05, 3.63) is 42.0 Å². The Balaban J connectivity index is 0.000000557. The number of carboxylic acid groups (broad SMARTS) is 1. The van der Waals surface area contributed by atoms with Gasteiger partial charge >= 0.3 is 0 Å². The molecule has 1 unspecified atom stereocenters. The lowest BCUT2D eigenvalue weighted by atomic mass is 10.2. The molecule has 3 heteroatoms. The Kier molecular flexibility index (Phi) is 8.09. The minimum atomic E-state index is -0.833. The molecule has 1 aromatic rings. The summed E-state index contributed by atoms with van der Waals surface area (Å²) in [6, 6.07) is 9.82. The molecule has 0 spiro atoms. The van der Waals surface area contributed by atoms with Crippen LogP contribution < -0.4 is 0 Å². The molecule has 0 aliphatic rings. The molecule has 0 fully saturated rings. The molecule has 0 bridgehead atoms. The summed E-state index contributed by atoms with van der Waals surface area (Å²) >= 11 is 0. The number of aliphatic hydroxyl groups is 1. The molecule has 0 aliphatic heterocycles. The first kappa shape index (κ1) is 15.0. The normalized spacial score (nSPS) is 10.8. The van der Waals surface area contributed by atoms with Crippen molar-refractivity contribution >= 4 is 12.0 Å². The van der Waals surface area contributed by atoms with Crippen LogP contribution in [-0.4, -0.2) is 22.3 Å². The van der Waals surface area contributed by atoms with E-state index in [1.165, 1.54) is 0 Å². The second-order valence-electron chi connectivity index (χ2n) is 3.13. The van der Waals surface area contributed by atoms with Crippen LogP contribution in [0.5, 0.6) is 0 Å². The lowest BCUT2D eigenvalue weighted by molar-refractivity contribution is -0.134. The minimum absolute atomic E-state index is 0.662. The number of aliphatic carboxylic acids is 1. The molecule has 90 valence electrons. The third-order valence-electron chi connectivity index (χ3n) is 1.56. The molecule has 2 N–H and O–H groups in total. The summed E-state index contributed by atoms with van der Waals surface area (Å²) in [5, 5.41) is 16.7. The van der Waals surface area contributed by atoms with Gasteiger partial charge in [0.05, 0.1) is 0 Å². The van der Waals surface area contributed by atoms with Crippen LogP contribution in [0.4, 0.5) is 0 Å². The molecule has 3 nitrogen and oxygen atoms in total. The Morgan fingerprint density at radius 2 is 1.88 bits per heavy atom. The van der Waals surface area contributed by atoms with Gasteiger partial charge in [0.1, 0.15) is 6.10 Å². The number of hydrogen-bond donors (Lipinski definition) is 2. The van der Waals surface area contributed by atoms with Gasteiger partial charge in [-0.05, 0) is 18.6 Å². The van der Waals surface area contributed by atoms with E-state index in [2.05, 4.69) is 11.8 Å². The molecule has 0 aromatic heterocycles. The number of hydrogen-bond acceptors (Lipinski definition) is 2. The lowest BCUT2D eigenvalue weighted by Gasteiger charge is -1.94. The van der Waals surface area contributed by atoms with E-state index in [0.29, 0.717) is 0 Å². The predicted octanol–water partition coefficient (Wildman–Crippen LogP) is 2.17. The zero-order valence-electron chi connectivity index (χ0n) is 9.92. The van der Waals surface area contributed by atoms with E-state index in [1.54, 1.807) is 13.0 Å². The second-order valence-corrected chi connectivity index (χ2v) is 3.13. The van der Waals surface area contributed by atoms with Crippen molar-refractivity contribution in [2.24, 2.45) is 0 Å². The lowest BCUT2D eigenvalue weighted by Crippen LogP contribution is -1.95. The first-order chi connectivity index (χ1) is 8.06. The first-order valence-electron chi connectivity index (χ1n) is 5.09. The minimum Gasteiger partial charge on any atom is -0.481 e. The van der Waals surface area contributed by atoms with Gasteiger partial charge in [0.15, 0.2) is 0 Å². The van der Waals surface area contributed by atoms with Crippen LogP contribution in [0.15, 0.2) is 36.4 Å². The number of benzene rings is 1. The highest BCUT2D eigenvalue weighted by molar-refractivity contribution is 5.62. The monoisotopic (exact) mass is 232 g/mol. The number of carbonyl (C=O) groups is 1. The maximum atomic E-state index is 9.25. The van der Waals surface area contributed by atoms with E-state index in [1.807, 2.05) is 36.4 Å². The highest BCUT2D eigenvalue weighted by Crippen LogP contribution is 2.01. The summed E-state index contributed by atoms with van der Waals surface area (Å²) in [6.07, 6.45) is 2.87. The Morgan fingerprint density at radius 1 is 1.35 bits per heavy atom. The largest absolute Gasteiger partial charge is 0.481 e. The first-order valence-corrected chi connectivity index (χ1v) is 5.09. The van der Waals surface area contributed by atoms with Crippen molar-refractivity contribution in [1.29, 1.82) is 0 Å². The van der Waals surface area contributed by atoms with E-state index >= 15 is 0 Å². The number of aliphatic hydroxyl groups excluding tert-OH is 1. The van der Waals surface area contributed by atoms with Crippen molar-refractivity contribution < 1.29 is 15.0 Å². The number of carboxylic acids is 1. The Bertz CT molecular complexity index is 406. The van der Waals surface area contributed by atoms with Crippen molar-refractivity contribution in [2.75, 3.05) is 0 Å². The van der Waals surface area contributed by atoms with E-state index in [4.69, 9.17) is 9.90 Å². The fourth-order valence-electron chi connectivity index (χ4n) is 0.962. The third-order valence-corrected chi connectivity index (χ3v) is 1.56. The maximum absolute atomic E-state index is 9.25. The summed E-state index contributed by atoms with van der Waals surface area (Å²) in [6.45, 7) is 2.79. The highest BCUT2D eigenvalue weighted by atomic mass is 16.4. The zero-order chi connectivity index (χ0) is 13.1. The molecule has 0 aliphatic carbocycles. The summed E-state index contributed by atoms with van der Waals surface area (Å²) in [7, 11) is 0. The van der Waals surface area contributed by atoms with Gasteiger partial charge in [0.25, 0.3) is 5.97 Å². The van der Waals surface area contributed by atoms with Gasteiger partial charge in [-0.2, -0.15) is 0 Å². The smallest absolute Gasteiger partial charge is 0.300 e. The molecule has 1 rings (SSSR count). The Labute approximate surface area is 101 Å². The SMILES string of the molecule is CC#CC(O)C=Cc1ccccc1.CC(=O)O. The predicted molar refractivity (Wildman–Crippen MR) is 68.2 cm³/mol. The molecule has 0 saturated heterocycles. The molecule has 1 aromatic carbocycles. The summed E-state index contributed by atoms with van der Waals surface area (Å²) in [5.41, 5.74) is 1.07. The van der Waals surface area contributed by atoms with Crippen molar-refractivity contribution in [3.63, 3.8) is 0 Å². The second kappa shape index (κ2) is 9.20. The molecule has 0 saturated carbocycles. The van der Waals surface area contributed by atoms with Crippen LogP contribution >= 0.6 is 0 Å². The third kappa shape index (κ3) is 10.2. The van der Waals surface area contributed by atoms with Crippen LogP contribution in [0.1, 0.15) is 19.4 Å². The molecule has 1 atom stereocenters. The van der Waals surface area contributed by atoms with Crippen LogP contribution in [0, 0.1) is 11.8 Å². The summed E-state index contributed by atoms with van der Waals surface area (Å²) in [4.78, 5) is 9.00. The fraction of sp³-hybridized carbons (Fsp3) is 0.214. The van der Waals surface area contributed by atoms with Crippen molar-refractivity contribution in [2.45, 2.75) is 20.0 Å². The van der Waals surface area contributed by atoms with E-state index in [0.717, 1.165) is 12.5 Å². The molecule has 0 heterocycles. The van der Waals surface area contributed by atoms with E-state index in [-0.39, 0.29) is 0 Å². The quantitative estimate of drug-likeness (QED) is 0.768.